The van der Waals surface area contributed by atoms with Crippen LogP contribution in [0.2, 0.25) is 0 Å². The van der Waals surface area contributed by atoms with Gasteiger partial charge in [0.25, 0.3) is 0 Å². The first kappa shape index (κ1) is 7.35. The number of hydrogen-bond acceptors (Lipinski definition) is 0. The fourth-order valence-corrected chi connectivity index (χ4v) is 2.09. The van der Waals surface area contributed by atoms with Crippen LogP contribution in [0.15, 0.2) is 24.3 Å². The Morgan fingerprint density at radius 2 is 1.55 bits per heavy atom. The highest BCUT2D eigenvalue weighted by Crippen LogP contribution is 2.22. The van der Waals surface area contributed by atoms with Crippen molar-refractivity contribution >= 4 is 34.7 Å². The molecule has 0 unspecified atom stereocenters. The van der Waals surface area contributed by atoms with E-state index in [1.165, 1.54) is 10.4 Å². The van der Waals surface area contributed by atoms with Crippen molar-refractivity contribution in [1.29, 1.82) is 0 Å². The minimum absolute atomic E-state index is 0.224. The zero-order valence-electron chi connectivity index (χ0n) is 6.34. The average Bonchev–Trinajstić information content (AvgIpc) is 2.21. The molecule has 1 aliphatic carbocycles. The van der Waals surface area contributed by atoms with E-state index in [1.807, 2.05) is 0 Å². The first-order valence-corrected chi connectivity index (χ1v) is 4.75. The van der Waals surface area contributed by atoms with E-state index in [-0.39, 0.29) is 3.42 Å². The number of hydrogen-bond donors (Lipinski definition) is 0. The Bertz CT molecular complexity index is 351. The van der Waals surface area contributed by atoms with Crippen LogP contribution in [0.3, 0.4) is 0 Å². The fraction of sp³-hybridized carbons (Fsp3) is 0.200. The van der Waals surface area contributed by atoms with Gasteiger partial charge in [-0.1, -0.05) is 59.0 Å². The number of halogens is 1. The Hall–Kier alpha value is -0.310. The summed E-state index contributed by atoms with van der Waals surface area (Å²) in [5.74, 6) is 0. The number of benzene rings is 1. The maximum atomic E-state index is 2.45. The van der Waals surface area contributed by atoms with Crippen molar-refractivity contribution in [2.24, 2.45) is 0 Å². The molecule has 1 aliphatic rings. The predicted molar refractivity (Wildman–Crippen MR) is 57.0 cm³/mol. The van der Waals surface area contributed by atoms with Gasteiger partial charge in [-0.2, -0.15) is 0 Å². The molecule has 0 heterocycles. The summed E-state index contributed by atoms with van der Waals surface area (Å²) in [6, 6.07) is 8.49. The molecule has 0 atom stereocenters. The van der Waals surface area contributed by atoms with Gasteiger partial charge in [-0.05, 0) is 17.4 Å². The highest BCUT2D eigenvalue weighted by Gasteiger charge is 2.15. The molecule has 11 heavy (non-hydrogen) atoms. The van der Waals surface area contributed by atoms with Crippen molar-refractivity contribution in [3.63, 3.8) is 0 Å². The first-order valence-electron chi connectivity index (χ1n) is 3.67. The second kappa shape index (κ2) is 2.34. The highest BCUT2D eigenvalue weighted by molar-refractivity contribution is 14.1. The minimum atomic E-state index is 0.224. The molecule has 0 saturated carbocycles. The average molecular weight is 256 g/mol. The van der Waals surface area contributed by atoms with Gasteiger partial charge in [-0.15, -0.1) is 0 Å². The number of fused-ring (bicyclic) bond motifs is 1. The Balaban J connectivity index is 2.81. The van der Waals surface area contributed by atoms with Crippen LogP contribution >= 0.6 is 22.6 Å². The van der Waals surface area contributed by atoms with Crippen LogP contribution in [0.1, 0.15) is 6.92 Å². The quantitative estimate of drug-likeness (QED) is 0.487. The zero-order valence-corrected chi connectivity index (χ0v) is 8.50. The minimum Gasteiger partial charge on any atom is -0.0700 e. The molecule has 0 bridgehead atoms. The molecule has 0 amide bonds. The number of rotatable bonds is 0. The maximum absolute atomic E-state index is 2.45. The second-order valence-corrected chi connectivity index (χ2v) is 5.39. The lowest BCUT2D eigenvalue weighted by molar-refractivity contribution is 1.20. The lowest BCUT2D eigenvalue weighted by Crippen LogP contribution is -2.19. The zero-order chi connectivity index (χ0) is 7.90. The Kier molecular flexibility index (Phi) is 1.56. The molecular formula is C10H9I. The highest BCUT2D eigenvalue weighted by atomic mass is 127. The molecule has 0 saturated heterocycles. The summed E-state index contributed by atoms with van der Waals surface area (Å²) in [6.07, 6.45) is 4.59. The monoisotopic (exact) mass is 256 g/mol. The summed E-state index contributed by atoms with van der Waals surface area (Å²) < 4.78 is 0.224. The van der Waals surface area contributed by atoms with Crippen LogP contribution in [0.5, 0.6) is 0 Å². The SMILES string of the molecule is CC1(I)C=c2ccccc2=C1. The van der Waals surface area contributed by atoms with E-state index < -0.39 is 0 Å². The van der Waals surface area contributed by atoms with E-state index in [9.17, 15) is 0 Å². The van der Waals surface area contributed by atoms with Crippen molar-refractivity contribution in [3.8, 4) is 0 Å². The van der Waals surface area contributed by atoms with Crippen LogP contribution < -0.4 is 10.4 Å². The fourth-order valence-electron chi connectivity index (χ4n) is 1.42. The standard InChI is InChI=1S/C10H9I/c1-10(11)6-8-4-2-3-5-9(8)7-10/h2-7H,1H3. The van der Waals surface area contributed by atoms with Crippen LogP contribution in [0.25, 0.3) is 12.2 Å². The van der Waals surface area contributed by atoms with Gasteiger partial charge in [0.1, 0.15) is 0 Å². The molecule has 2 rings (SSSR count). The molecule has 56 valence electrons. The van der Waals surface area contributed by atoms with Gasteiger partial charge in [-0.3, -0.25) is 0 Å². The van der Waals surface area contributed by atoms with Crippen molar-refractivity contribution < 1.29 is 0 Å². The molecule has 0 fully saturated rings. The largest absolute Gasteiger partial charge is 0.0700 e. The van der Waals surface area contributed by atoms with Crippen molar-refractivity contribution in [2.45, 2.75) is 10.3 Å². The molecule has 0 radical (unpaired) electrons. The van der Waals surface area contributed by atoms with Gasteiger partial charge in [-0.25, -0.2) is 0 Å². The normalized spacial score (nSPS) is 18.4. The summed E-state index contributed by atoms with van der Waals surface area (Å²) in [7, 11) is 0. The third-order valence-electron chi connectivity index (χ3n) is 1.87. The summed E-state index contributed by atoms with van der Waals surface area (Å²) in [5, 5.41) is 2.73. The molecular weight excluding hydrogens is 247 g/mol. The van der Waals surface area contributed by atoms with Crippen molar-refractivity contribution in [2.75, 3.05) is 0 Å². The molecule has 0 spiro atoms. The van der Waals surface area contributed by atoms with E-state index in [0.717, 1.165) is 0 Å². The Morgan fingerprint density at radius 1 is 1.09 bits per heavy atom. The molecule has 0 N–H and O–H groups in total. The molecule has 1 heteroatoms. The van der Waals surface area contributed by atoms with E-state index in [2.05, 4.69) is 65.9 Å². The smallest absolute Gasteiger partial charge is 0.0570 e. The van der Waals surface area contributed by atoms with E-state index in [0.29, 0.717) is 0 Å². The lowest BCUT2D eigenvalue weighted by Gasteiger charge is -2.05. The first-order chi connectivity index (χ1) is 5.17. The summed E-state index contributed by atoms with van der Waals surface area (Å²) in [4.78, 5) is 0. The molecule has 1 aromatic carbocycles. The van der Waals surface area contributed by atoms with Crippen molar-refractivity contribution in [1.82, 2.24) is 0 Å². The summed E-state index contributed by atoms with van der Waals surface area (Å²) in [5.41, 5.74) is 0. The van der Waals surface area contributed by atoms with Gasteiger partial charge >= 0.3 is 0 Å². The van der Waals surface area contributed by atoms with Crippen LogP contribution in [-0.2, 0) is 0 Å². The molecule has 0 aliphatic heterocycles. The van der Waals surface area contributed by atoms with Crippen LogP contribution in [0.4, 0.5) is 0 Å². The molecule has 0 nitrogen and oxygen atoms in total. The summed E-state index contributed by atoms with van der Waals surface area (Å²) >= 11 is 2.45. The maximum Gasteiger partial charge on any atom is 0.0570 e. The van der Waals surface area contributed by atoms with E-state index >= 15 is 0 Å². The van der Waals surface area contributed by atoms with Crippen molar-refractivity contribution in [3.05, 3.63) is 34.7 Å². The van der Waals surface area contributed by atoms with Gasteiger partial charge in [0, 0.05) is 0 Å². The Morgan fingerprint density at radius 3 is 2.00 bits per heavy atom. The summed E-state index contributed by atoms with van der Waals surface area (Å²) in [6.45, 7) is 2.22. The van der Waals surface area contributed by atoms with Gasteiger partial charge in [0.15, 0.2) is 0 Å². The number of alkyl halides is 1. The topological polar surface area (TPSA) is 0 Å². The molecule has 1 aromatic rings. The third-order valence-corrected chi connectivity index (χ3v) is 2.49. The van der Waals surface area contributed by atoms with Gasteiger partial charge in [0.2, 0.25) is 0 Å². The Labute approximate surface area is 79.8 Å². The lowest BCUT2D eigenvalue weighted by atomic mass is 10.2. The van der Waals surface area contributed by atoms with Crippen LogP contribution in [-0.4, -0.2) is 3.42 Å². The molecule has 0 aromatic heterocycles. The van der Waals surface area contributed by atoms with E-state index in [4.69, 9.17) is 0 Å². The second-order valence-electron chi connectivity index (χ2n) is 3.07. The van der Waals surface area contributed by atoms with Crippen LogP contribution in [0, 0.1) is 0 Å². The third kappa shape index (κ3) is 1.34. The van der Waals surface area contributed by atoms with E-state index in [1.54, 1.807) is 0 Å². The predicted octanol–water partition coefficient (Wildman–Crippen LogP) is 1.45. The van der Waals surface area contributed by atoms with Gasteiger partial charge < -0.3 is 0 Å². The van der Waals surface area contributed by atoms with Gasteiger partial charge in [0.05, 0.1) is 3.42 Å².